The highest BCUT2D eigenvalue weighted by molar-refractivity contribution is 7.80. The number of halogens is 1. The van der Waals surface area contributed by atoms with E-state index in [-0.39, 0.29) is 5.82 Å². The molecule has 1 N–H and O–H groups in total. The van der Waals surface area contributed by atoms with Crippen molar-refractivity contribution in [2.24, 2.45) is 0 Å². The Morgan fingerprint density at radius 1 is 0.897 bits per heavy atom. The van der Waals surface area contributed by atoms with Gasteiger partial charge in [-0.1, -0.05) is 55.5 Å². The van der Waals surface area contributed by atoms with Crippen molar-refractivity contribution in [1.29, 1.82) is 0 Å². The maximum atomic E-state index is 13.0. The summed E-state index contributed by atoms with van der Waals surface area (Å²) in [6.07, 6.45) is 1.03. The molecule has 0 aromatic heterocycles. The molecule has 3 aromatic carbocycles. The van der Waals surface area contributed by atoms with Crippen LogP contribution >= 0.6 is 12.2 Å². The first kappa shape index (κ1) is 20.8. The zero-order valence-electron chi connectivity index (χ0n) is 16.6. The van der Waals surface area contributed by atoms with Crippen molar-refractivity contribution in [3.8, 4) is 11.5 Å². The molecular formula is C24H24FNO2S. The predicted molar refractivity (Wildman–Crippen MR) is 118 cm³/mol. The van der Waals surface area contributed by atoms with Gasteiger partial charge < -0.3 is 14.8 Å². The Labute approximate surface area is 176 Å². The minimum atomic E-state index is -0.266. The van der Waals surface area contributed by atoms with Gasteiger partial charge in [0, 0.05) is 12.1 Å². The molecule has 0 spiro atoms. The summed E-state index contributed by atoms with van der Waals surface area (Å²) < 4.78 is 24.3. The lowest BCUT2D eigenvalue weighted by Gasteiger charge is -2.14. The monoisotopic (exact) mass is 409 g/mol. The van der Waals surface area contributed by atoms with E-state index in [2.05, 4.69) is 36.5 Å². The van der Waals surface area contributed by atoms with Crippen LogP contribution in [0.5, 0.6) is 11.5 Å². The molecule has 0 unspecified atom stereocenters. The van der Waals surface area contributed by atoms with Gasteiger partial charge in [0.15, 0.2) is 11.5 Å². The van der Waals surface area contributed by atoms with Crippen LogP contribution in [0.4, 0.5) is 4.39 Å². The molecule has 0 bridgehead atoms. The predicted octanol–water partition coefficient (Wildman–Crippen LogP) is 5.44. The van der Waals surface area contributed by atoms with Gasteiger partial charge in [-0.05, 0) is 53.4 Å². The van der Waals surface area contributed by atoms with E-state index in [1.165, 1.54) is 23.3 Å². The maximum Gasteiger partial charge on any atom is 0.161 e. The second-order valence-electron chi connectivity index (χ2n) is 6.63. The van der Waals surface area contributed by atoms with E-state index in [1.54, 1.807) is 19.2 Å². The van der Waals surface area contributed by atoms with Crippen LogP contribution in [0.25, 0.3) is 0 Å². The largest absolute Gasteiger partial charge is 0.493 e. The third-order valence-electron chi connectivity index (χ3n) is 4.62. The molecule has 0 aliphatic heterocycles. The van der Waals surface area contributed by atoms with Gasteiger partial charge in [0.05, 0.1) is 7.11 Å². The Bertz CT molecular complexity index is 956. The van der Waals surface area contributed by atoms with Crippen LogP contribution in [0, 0.1) is 5.82 Å². The van der Waals surface area contributed by atoms with Crippen LogP contribution in [0.1, 0.15) is 29.2 Å². The minimum absolute atomic E-state index is 0.266. The lowest BCUT2D eigenvalue weighted by molar-refractivity contribution is 0.284. The van der Waals surface area contributed by atoms with Crippen molar-refractivity contribution in [2.75, 3.05) is 7.11 Å². The van der Waals surface area contributed by atoms with Crippen molar-refractivity contribution < 1.29 is 13.9 Å². The fraction of sp³-hybridized carbons (Fsp3) is 0.208. The summed E-state index contributed by atoms with van der Waals surface area (Å²) in [6.45, 7) is 3.13. The van der Waals surface area contributed by atoms with Gasteiger partial charge in [-0.3, -0.25) is 0 Å². The van der Waals surface area contributed by atoms with Crippen molar-refractivity contribution in [2.45, 2.75) is 26.5 Å². The van der Waals surface area contributed by atoms with E-state index >= 15 is 0 Å². The van der Waals surface area contributed by atoms with Crippen LogP contribution in [-0.2, 0) is 19.6 Å². The fourth-order valence-electron chi connectivity index (χ4n) is 2.85. The number of aryl methyl sites for hydroxylation is 1. The first-order valence-corrected chi connectivity index (χ1v) is 9.91. The number of rotatable bonds is 8. The van der Waals surface area contributed by atoms with Gasteiger partial charge in [-0.15, -0.1) is 0 Å². The first-order valence-electron chi connectivity index (χ1n) is 9.50. The van der Waals surface area contributed by atoms with E-state index in [0.29, 0.717) is 29.6 Å². The van der Waals surface area contributed by atoms with Gasteiger partial charge in [0.1, 0.15) is 17.4 Å². The molecule has 0 fully saturated rings. The fourth-order valence-corrected chi connectivity index (χ4v) is 3.05. The van der Waals surface area contributed by atoms with E-state index < -0.39 is 0 Å². The number of methoxy groups -OCH3 is 1. The molecule has 0 heterocycles. The molecule has 0 amide bonds. The Morgan fingerprint density at radius 3 is 2.21 bits per heavy atom. The topological polar surface area (TPSA) is 30.5 Å². The summed E-state index contributed by atoms with van der Waals surface area (Å²) in [5.74, 6) is 0.942. The van der Waals surface area contributed by atoms with E-state index in [4.69, 9.17) is 21.7 Å². The number of thiocarbonyl (C=S) groups is 1. The number of hydrogen-bond donors (Lipinski definition) is 1. The molecule has 3 rings (SSSR count). The molecule has 0 aliphatic rings. The highest BCUT2D eigenvalue weighted by Crippen LogP contribution is 2.29. The highest BCUT2D eigenvalue weighted by Gasteiger charge is 2.09. The Morgan fingerprint density at radius 2 is 1.55 bits per heavy atom. The van der Waals surface area contributed by atoms with Crippen LogP contribution < -0.4 is 14.8 Å². The summed E-state index contributed by atoms with van der Waals surface area (Å²) in [5.41, 5.74) is 4.23. The molecule has 5 heteroatoms. The van der Waals surface area contributed by atoms with Crippen molar-refractivity contribution in [1.82, 2.24) is 5.32 Å². The number of hydrogen-bond acceptors (Lipinski definition) is 3. The smallest absolute Gasteiger partial charge is 0.161 e. The lowest BCUT2D eigenvalue weighted by Crippen LogP contribution is -2.21. The third-order valence-corrected chi connectivity index (χ3v) is 5.00. The first-order chi connectivity index (χ1) is 14.1. The van der Waals surface area contributed by atoms with E-state index in [0.717, 1.165) is 17.5 Å². The van der Waals surface area contributed by atoms with Crippen LogP contribution in [-0.4, -0.2) is 12.1 Å². The van der Waals surface area contributed by atoms with E-state index in [1.807, 2.05) is 18.2 Å². The Balaban J connectivity index is 1.61. The van der Waals surface area contributed by atoms with Gasteiger partial charge >= 0.3 is 0 Å². The van der Waals surface area contributed by atoms with Crippen LogP contribution in [0.3, 0.4) is 0 Å². The summed E-state index contributed by atoms with van der Waals surface area (Å²) >= 11 is 5.53. The summed E-state index contributed by atoms with van der Waals surface area (Å²) in [7, 11) is 1.59. The minimum Gasteiger partial charge on any atom is -0.493 e. The zero-order chi connectivity index (χ0) is 20.6. The maximum absolute atomic E-state index is 13.0. The molecule has 0 radical (unpaired) electrons. The molecule has 0 atom stereocenters. The normalized spacial score (nSPS) is 10.4. The van der Waals surface area contributed by atoms with E-state index in [9.17, 15) is 4.39 Å². The molecule has 3 aromatic rings. The second-order valence-corrected chi connectivity index (χ2v) is 7.04. The number of nitrogens with one attached hydrogen (secondary N) is 1. The highest BCUT2D eigenvalue weighted by atomic mass is 32.1. The molecule has 0 saturated heterocycles. The second kappa shape index (κ2) is 10.0. The van der Waals surface area contributed by atoms with Gasteiger partial charge in [0.2, 0.25) is 0 Å². The average molecular weight is 410 g/mol. The van der Waals surface area contributed by atoms with Crippen molar-refractivity contribution in [3.63, 3.8) is 0 Å². The lowest BCUT2D eigenvalue weighted by atomic mass is 10.1. The van der Waals surface area contributed by atoms with Gasteiger partial charge in [0.25, 0.3) is 0 Å². The quantitative estimate of drug-likeness (QED) is 0.502. The number of benzene rings is 3. The van der Waals surface area contributed by atoms with Crippen molar-refractivity contribution >= 4 is 17.2 Å². The molecular weight excluding hydrogens is 385 g/mol. The number of ether oxygens (including phenoxy) is 2. The standard InChI is InChI=1S/C24H24FNO2S/c1-3-17-4-6-18(7-5-17)15-26-24(29)20-10-13-22(23(14-20)27-2)28-16-19-8-11-21(25)12-9-19/h4-14H,3,15-16H2,1-2H3,(H,26,29). The molecule has 150 valence electrons. The zero-order valence-corrected chi connectivity index (χ0v) is 17.4. The summed E-state index contributed by atoms with van der Waals surface area (Å²) in [5, 5.41) is 3.29. The van der Waals surface area contributed by atoms with Crippen LogP contribution in [0.2, 0.25) is 0 Å². The van der Waals surface area contributed by atoms with Gasteiger partial charge in [-0.25, -0.2) is 4.39 Å². The molecule has 0 saturated carbocycles. The summed E-state index contributed by atoms with van der Waals surface area (Å²) in [4.78, 5) is 0.646. The third kappa shape index (κ3) is 5.78. The Hall–Kier alpha value is -2.92. The Kier molecular flexibility index (Phi) is 7.19. The molecule has 29 heavy (non-hydrogen) atoms. The van der Waals surface area contributed by atoms with Gasteiger partial charge in [-0.2, -0.15) is 0 Å². The van der Waals surface area contributed by atoms with Crippen molar-refractivity contribution in [3.05, 3.63) is 94.8 Å². The molecule has 3 nitrogen and oxygen atoms in total. The summed E-state index contributed by atoms with van der Waals surface area (Å²) in [6, 6.07) is 20.3. The SMILES string of the molecule is CCc1ccc(CNC(=S)c2ccc(OCc3ccc(F)cc3)c(OC)c2)cc1. The molecule has 0 aliphatic carbocycles. The van der Waals surface area contributed by atoms with Crippen LogP contribution in [0.15, 0.2) is 66.7 Å². The average Bonchev–Trinajstić information content (AvgIpc) is 2.77.